The number of para-hydroxylation sites is 1. The fourth-order valence-electron chi connectivity index (χ4n) is 1.75. The van der Waals surface area contributed by atoms with Crippen molar-refractivity contribution < 1.29 is 13.5 Å². The molecule has 0 saturated heterocycles. The number of halogens is 2. The van der Waals surface area contributed by atoms with Crippen molar-refractivity contribution in [2.24, 2.45) is 0 Å². The predicted octanol–water partition coefficient (Wildman–Crippen LogP) is 3.51. The van der Waals surface area contributed by atoms with Crippen molar-refractivity contribution in [3.63, 3.8) is 0 Å². The van der Waals surface area contributed by atoms with Gasteiger partial charge in [0.25, 0.3) is 0 Å². The first-order valence-corrected chi connectivity index (χ1v) is 6.49. The van der Waals surface area contributed by atoms with Gasteiger partial charge in [-0.3, -0.25) is 0 Å². The highest BCUT2D eigenvalue weighted by atomic mass is 19.1. The summed E-state index contributed by atoms with van der Waals surface area (Å²) < 4.78 is 32.0. The average molecular weight is 257 g/mol. The second-order valence-corrected chi connectivity index (χ2v) is 4.30. The number of ether oxygens (including phenoxy) is 1. The second kappa shape index (κ2) is 8.03. The van der Waals surface area contributed by atoms with E-state index >= 15 is 0 Å². The van der Waals surface area contributed by atoms with E-state index in [-0.39, 0.29) is 18.4 Å². The fraction of sp³-hybridized carbons (Fsp3) is 0.571. The summed E-state index contributed by atoms with van der Waals surface area (Å²) >= 11 is 0. The first-order valence-electron chi connectivity index (χ1n) is 6.49. The number of hydrogen-bond donors (Lipinski definition) is 1. The van der Waals surface area contributed by atoms with Gasteiger partial charge in [-0.05, 0) is 31.5 Å². The third-order valence-corrected chi connectivity index (χ3v) is 2.67. The molecule has 0 fully saturated rings. The van der Waals surface area contributed by atoms with Gasteiger partial charge in [-0.15, -0.1) is 0 Å². The van der Waals surface area contributed by atoms with Crippen LogP contribution in [-0.4, -0.2) is 19.2 Å². The molecule has 2 nitrogen and oxygen atoms in total. The summed E-state index contributed by atoms with van der Waals surface area (Å²) in [5.41, 5.74) is 0. The average Bonchev–Trinajstić information content (AvgIpc) is 2.35. The highest BCUT2D eigenvalue weighted by Gasteiger charge is 2.13. The van der Waals surface area contributed by atoms with Gasteiger partial charge in [-0.2, -0.15) is 0 Å². The lowest BCUT2D eigenvalue weighted by molar-refractivity contribution is 0.236. The van der Waals surface area contributed by atoms with E-state index in [0.29, 0.717) is 0 Å². The van der Waals surface area contributed by atoms with E-state index in [1.54, 1.807) is 0 Å². The molecule has 1 N–H and O–H groups in total. The van der Waals surface area contributed by atoms with Crippen molar-refractivity contribution in [1.82, 2.24) is 5.32 Å². The molecule has 0 heterocycles. The number of benzene rings is 1. The summed E-state index contributed by atoms with van der Waals surface area (Å²) in [7, 11) is 0. The van der Waals surface area contributed by atoms with Crippen molar-refractivity contribution in [3.05, 3.63) is 29.8 Å². The lowest BCUT2D eigenvalue weighted by Crippen LogP contribution is -2.35. The van der Waals surface area contributed by atoms with Gasteiger partial charge >= 0.3 is 0 Å². The van der Waals surface area contributed by atoms with Gasteiger partial charge in [0, 0.05) is 6.04 Å². The van der Waals surface area contributed by atoms with Gasteiger partial charge in [0.05, 0.1) is 0 Å². The Kier molecular flexibility index (Phi) is 6.65. The SMILES string of the molecule is CCCNC(CCC)COc1c(F)cccc1F. The van der Waals surface area contributed by atoms with Crippen LogP contribution in [0.5, 0.6) is 5.75 Å². The van der Waals surface area contributed by atoms with Crippen molar-refractivity contribution in [2.45, 2.75) is 39.2 Å². The van der Waals surface area contributed by atoms with E-state index in [0.717, 1.165) is 25.8 Å². The van der Waals surface area contributed by atoms with Crippen LogP contribution in [0.2, 0.25) is 0 Å². The first kappa shape index (κ1) is 14.9. The molecule has 1 unspecified atom stereocenters. The van der Waals surface area contributed by atoms with Gasteiger partial charge < -0.3 is 10.1 Å². The normalized spacial score (nSPS) is 12.4. The number of hydrogen-bond acceptors (Lipinski definition) is 2. The Bertz CT molecular complexity index is 337. The predicted molar refractivity (Wildman–Crippen MR) is 68.8 cm³/mol. The maximum absolute atomic E-state index is 13.4. The molecule has 0 aliphatic rings. The summed E-state index contributed by atoms with van der Waals surface area (Å²) in [6.07, 6.45) is 2.95. The summed E-state index contributed by atoms with van der Waals surface area (Å²) in [6.45, 7) is 5.32. The quantitative estimate of drug-likeness (QED) is 0.769. The minimum absolute atomic E-state index is 0.133. The Hall–Kier alpha value is -1.16. The van der Waals surface area contributed by atoms with Gasteiger partial charge in [-0.1, -0.05) is 26.3 Å². The Morgan fingerprint density at radius 3 is 2.39 bits per heavy atom. The van der Waals surface area contributed by atoms with E-state index in [9.17, 15) is 8.78 Å². The van der Waals surface area contributed by atoms with Crippen molar-refractivity contribution in [3.8, 4) is 5.75 Å². The monoisotopic (exact) mass is 257 g/mol. The van der Waals surface area contributed by atoms with Gasteiger partial charge in [-0.25, -0.2) is 8.78 Å². The fourth-order valence-corrected chi connectivity index (χ4v) is 1.75. The van der Waals surface area contributed by atoms with Gasteiger partial charge in [0.2, 0.25) is 0 Å². The maximum atomic E-state index is 13.4. The molecule has 0 aliphatic carbocycles. The third kappa shape index (κ3) is 4.61. The van der Waals surface area contributed by atoms with Crippen LogP contribution in [0, 0.1) is 11.6 Å². The number of rotatable bonds is 8. The molecular weight excluding hydrogens is 236 g/mol. The van der Waals surface area contributed by atoms with Crippen molar-refractivity contribution in [1.29, 1.82) is 0 Å². The molecule has 0 aliphatic heterocycles. The first-order chi connectivity index (χ1) is 8.69. The van der Waals surface area contributed by atoms with Crippen LogP contribution >= 0.6 is 0 Å². The molecule has 18 heavy (non-hydrogen) atoms. The lowest BCUT2D eigenvalue weighted by Gasteiger charge is -2.18. The zero-order valence-electron chi connectivity index (χ0n) is 11.0. The second-order valence-electron chi connectivity index (χ2n) is 4.30. The Morgan fingerprint density at radius 1 is 1.17 bits per heavy atom. The highest BCUT2D eigenvalue weighted by Crippen LogP contribution is 2.21. The Labute approximate surface area is 107 Å². The minimum atomic E-state index is -0.652. The standard InChI is InChI=1S/C14H21F2NO/c1-3-6-11(17-9-4-2)10-18-14-12(15)7-5-8-13(14)16/h5,7-8,11,17H,3-4,6,9-10H2,1-2H3. The molecule has 1 atom stereocenters. The minimum Gasteiger partial charge on any atom is -0.486 e. The molecular formula is C14H21F2NO. The molecule has 1 rings (SSSR count). The van der Waals surface area contributed by atoms with Gasteiger partial charge in [0.15, 0.2) is 17.4 Å². The largest absolute Gasteiger partial charge is 0.486 e. The Balaban J connectivity index is 2.55. The van der Waals surface area contributed by atoms with E-state index in [1.807, 2.05) is 0 Å². The van der Waals surface area contributed by atoms with E-state index in [4.69, 9.17) is 4.74 Å². The Morgan fingerprint density at radius 2 is 1.83 bits per heavy atom. The highest BCUT2D eigenvalue weighted by molar-refractivity contribution is 5.26. The van der Waals surface area contributed by atoms with E-state index in [2.05, 4.69) is 19.2 Å². The van der Waals surface area contributed by atoms with Crippen LogP contribution < -0.4 is 10.1 Å². The van der Waals surface area contributed by atoms with Crippen LogP contribution in [0.4, 0.5) is 8.78 Å². The van der Waals surface area contributed by atoms with Crippen LogP contribution in [0.15, 0.2) is 18.2 Å². The van der Waals surface area contributed by atoms with E-state index in [1.165, 1.54) is 18.2 Å². The molecule has 0 radical (unpaired) electrons. The van der Waals surface area contributed by atoms with E-state index < -0.39 is 11.6 Å². The third-order valence-electron chi connectivity index (χ3n) is 2.67. The van der Waals surface area contributed by atoms with Crippen LogP contribution in [0.25, 0.3) is 0 Å². The number of nitrogens with one attached hydrogen (secondary N) is 1. The molecule has 1 aromatic rings. The van der Waals surface area contributed by atoms with Crippen molar-refractivity contribution >= 4 is 0 Å². The summed E-state index contributed by atoms with van der Waals surface area (Å²) in [4.78, 5) is 0. The van der Waals surface area contributed by atoms with Crippen LogP contribution in [0.1, 0.15) is 33.1 Å². The van der Waals surface area contributed by atoms with Crippen LogP contribution in [0.3, 0.4) is 0 Å². The molecule has 0 spiro atoms. The zero-order chi connectivity index (χ0) is 13.4. The summed E-state index contributed by atoms with van der Waals surface area (Å²) in [5, 5.41) is 3.31. The molecule has 0 bridgehead atoms. The smallest absolute Gasteiger partial charge is 0.190 e. The maximum Gasteiger partial charge on any atom is 0.190 e. The zero-order valence-corrected chi connectivity index (χ0v) is 11.0. The van der Waals surface area contributed by atoms with Crippen LogP contribution in [-0.2, 0) is 0 Å². The molecule has 1 aromatic carbocycles. The van der Waals surface area contributed by atoms with Crippen molar-refractivity contribution in [2.75, 3.05) is 13.2 Å². The van der Waals surface area contributed by atoms with Gasteiger partial charge in [0.1, 0.15) is 6.61 Å². The molecule has 0 aromatic heterocycles. The molecule has 102 valence electrons. The molecule has 0 saturated carbocycles. The lowest BCUT2D eigenvalue weighted by atomic mass is 10.2. The summed E-state index contributed by atoms with van der Waals surface area (Å²) in [5.74, 6) is -1.58. The summed E-state index contributed by atoms with van der Waals surface area (Å²) in [6, 6.07) is 3.87. The molecule has 0 amide bonds. The topological polar surface area (TPSA) is 21.3 Å². The molecule has 4 heteroatoms.